The first kappa shape index (κ1) is 34.9. The van der Waals surface area contributed by atoms with Gasteiger partial charge in [0.05, 0.1) is 23.6 Å². The van der Waals surface area contributed by atoms with Crippen LogP contribution in [0.1, 0.15) is 34.1 Å². The zero-order chi connectivity index (χ0) is 33.0. The molecule has 5 N–H and O–H groups in total. The largest absolute Gasteiger partial charge is 0.490 e. The second-order valence-corrected chi connectivity index (χ2v) is 13.1. The van der Waals surface area contributed by atoms with Crippen LogP contribution in [0, 0.1) is 17.0 Å². The van der Waals surface area contributed by atoms with Crippen LogP contribution in [0.25, 0.3) is 10.4 Å². The fourth-order valence-corrected chi connectivity index (χ4v) is 6.76. The van der Waals surface area contributed by atoms with E-state index in [1.807, 2.05) is 4.98 Å². The van der Waals surface area contributed by atoms with Gasteiger partial charge in [-0.25, -0.2) is 23.3 Å². The number of aromatic amines is 1. The van der Waals surface area contributed by atoms with Crippen LogP contribution in [0.2, 0.25) is 0 Å². The first-order chi connectivity index (χ1) is 20.3. The zero-order valence-electron chi connectivity index (χ0n) is 21.8. The zero-order valence-corrected chi connectivity index (χ0v) is 24.5. The number of nitro benzene ring substituents is 1. The van der Waals surface area contributed by atoms with Crippen LogP contribution in [0.3, 0.4) is 0 Å². The van der Waals surface area contributed by atoms with Gasteiger partial charge in [0.1, 0.15) is 18.4 Å². The van der Waals surface area contributed by atoms with Crippen molar-refractivity contribution in [2.24, 2.45) is 5.11 Å². The molecule has 1 aliphatic heterocycles. The van der Waals surface area contributed by atoms with Crippen LogP contribution in [0.4, 0.5) is 5.69 Å². The number of carbonyl (C=O) groups is 1. The van der Waals surface area contributed by atoms with Gasteiger partial charge in [-0.1, -0.05) is 11.2 Å². The van der Waals surface area contributed by atoms with Crippen molar-refractivity contribution in [1.29, 1.82) is 0 Å². The second-order valence-electron chi connectivity index (χ2n) is 8.66. The third kappa shape index (κ3) is 9.47. The van der Waals surface area contributed by atoms with E-state index in [2.05, 4.69) is 23.2 Å². The lowest BCUT2D eigenvalue weighted by molar-refractivity contribution is -0.384. The van der Waals surface area contributed by atoms with Crippen LogP contribution in [0.5, 0.6) is 0 Å². The Labute approximate surface area is 243 Å². The van der Waals surface area contributed by atoms with E-state index in [4.69, 9.17) is 24.8 Å². The molecule has 0 amide bonds. The predicted octanol–water partition coefficient (Wildman–Crippen LogP) is 1.42. The minimum atomic E-state index is -5.88. The number of nitro groups is 1. The summed E-state index contributed by atoms with van der Waals surface area (Å²) in [6.07, 6.45) is -3.73. The number of H-pyrrole nitrogens is 1. The number of nitrogens with zero attached hydrogens (tertiary/aromatic N) is 5. The monoisotopic (exact) mass is 686 g/mol. The highest BCUT2D eigenvalue weighted by atomic mass is 31.3. The minimum Gasteiger partial charge on any atom is -0.456 e. The number of phosphoric ester groups is 1. The molecular weight excluding hydrogens is 665 g/mol. The number of phosphoric acid groups is 3. The van der Waals surface area contributed by atoms with Crippen LogP contribution < -0.4 is 11.2 Å². The fraction of sp³-hybridized carbons (Fsp3) is 0.389. The van der Waals surface area contributed by atoms with Gasteiger partial charge in [-0.3, -0.25) is 29.0 Å². The highest BCUT2D eigenvalue weighted by Crippen LogP contribution is 2.66. The van der Waals surface area contributed by atoms with Gasteiger partial charge in [0.25, 0.3) is 11.2 Å². The van der Waals surface area contributed by atoms with E-state index in [1.165, 1.54) is 6.92 Å². The highest BCUT2D eigenvalue weighted by Gasteiger charge is 2.44. The Morgan fingerprint density at radius 1 is 1.23 bits per heavy atom. The Kier molecular flexibility index (Phi) is 10.8. The molecule has 3 rings (SSSR count). The molecule has 1 aromatic heterocycles. The van der Waals surface area contributed by atoms with Crippen molar-refractivity contribution >= 4 is 35.1 Å². The van der Waals surface area contributed by atoms with Crippen molar-refractivity contribution in [2.75, 3.05) is 6.61 Å². The molecular formula is C18H21N6O17P3. The molecule has 1 saturated heterocycles. The lowest BCUT2D eigenvalue weighted by atomic mass is 10.1. The average Bonchev–Trinajstić information content (AvgIpc) is 3.28. The van der Waals surface area contributed by atoms with E-state index < -0.39 is 94.9 Å². The molecule has 0 bridgehead atoms. The Bertz CT molecular complexity index is 1760. The number of aryl methyl sites for hydroxylation is 1. The lowest BCUT2D eigenvalue weighted by Gasteiger charge is -2.21. The Hall–Kier alpha value is -3.55. The van der Waals surface area contributed by atoms with E-state index >= 15 is 0 Å². The molecule has 44 heavy (non-hydrogen) atoms. The Morgan fingerprint density at radius 3 is 2.52 bits per heavy atom. The SMILES string of the molecule is Cc1cn([C@H]2CC(OC(=O)c3cc([N+](=O)[O-])ccc3CN=[N+]=[N-])[C@@H](COP(=O)(O)OP(=O)(O)OP(=O)(O)O)O2)c(=O)[nH]c1=O. The van der Waals surface area contributed by atoms with Gasteiger partial charge < -0.3 is 29.0 Å². The molecule has 1 aromatic carbocycles. The van der Waals surface area contributed by atoms with E-state index in [9.17, 15) is 48.0 Å². The fourth-order valence-electron chi connectivity index (χ4n) is 3.73. The Morgan fingerprint density at radius 2 is 1.91 bits per heavy atom. The number of nitrogens with one attached hydrogen (secondary N) is 1. The molecule has 5 atom stereocenters. The molecule has 1 fully saturated rings. The van der Waals surface area contributed by atoms with E-state index in [0.29, 0.717) is 0 Å². The molecule has 0 saturated carbocycles. The number of esters is 1. The molecule has 0 radical (unpaired) electrons. The maximum absolute atomic E-state index is 13.2. The van der Waals surface area contributed by atoms with Gasteiger partial charge in [-0.05, 0) is 18.0 Å². The molecule has 0 aliphatic carbocycles. The number of aromatic nitrogens is 2. The predicted molar refractivity (Wildman–Crippen MR) is 140 cm³/mol. The summed E-state index contributed by atoms with van der Waals surface area (Å²) in [6.45, 7) is -0.179. The lowest BCUT2D eigenvalue weighted by Crippen LogP contribution is -2.33. The van der Waals surface area contributed by atoms with Gasteiger partial charge in [0, 0.05) is 35.2 Å². The number of rotatable bonds is 13. The van der Waals surface area contributed by atoms with Gasteiger partial charge >= 0.3 is 35.1 Å². The number of azide groups is 1. The van der Waals surface area contributed by atoms with E-state index in [1.54, 1.807) is 0 Å². The summed E-state index contributed by atoms with van der Waals surface area (Å²) < 4.78 is 58.5. The van der Waals surface area contributed by atoms with Gasteiger partial charge in [-0.2, -0.15) is 8.62 Å². The summed E-state index contributed by atoms with van der Waals surface area (Å²) >= 11 is 0. The summed E-state index contributed by atoms with van der Waals surface area (Å²) in [5.74, 6) is -1.24. The number of ether oxygens (including phenoxy) is 2. The van der Waals surface area contributed by atoms with Crippen molar-refractivity contribution in [3.8, 4) is 0 Å². The highest BCUT2D eigenvalue weighted by molar-refractivity contribution is 7.66. The van der Waals surface area contributed by atoms with Crippen LogP contribution in [-0.4, -0.2) is 58.8 Å². The third-order valence-corrected chi connectivity index (χ3v) is 9.34. The molecule has 23 nitrogen and oxygen atoms in total. The summed E-state index contributed by atoms with van der Waals surface area (Å²) in [4.78, 5) is 88.9. The van der Waals surface area contributed by atoms with Crippen molar-refractivity contribution in [3.05, 3.63) is 82.5 Å². The topological polar surface area (TPSA) is 342 Å². The molecule has 3 unspecified atom stereocenters. The number of benzene rings is 1. The van der Waals surface area contributed by atoms with Gasteiger partial charge in [0.2, 0.25) is 0 Å². The quantitative estimate of drug-likeness (QED) is 0.0378. The van der Waals surface area contributed by atoms with Crippen LogP contribution in [0.15, 0.2) is 39.1 Å². The standard InChI is InChI=1S/C18H21N6O17P3/c1-9-7-23(18(27)21-16(9)25)15-5-13(14(38-15)8-37-43(33,34)41-44(35,36)40-42(30,31)32)39-17(26)12-4-11(24(28)29)3-2-10(12)6-20-22-19/h2-4,7,13-15H,5-6,8H2,1H3,(H,33,34)(H,35,36)(H,21,25,27)(H2,30,31,32)/t13?,14-,15-/m1/s1. The number of hydrogen-bond donors (Lipinski definition) is 5. The average molecular weight is 686 g/mol. The number of non-ortho nitro benzene ring substituents is 1. The molecule has 1 aliphatic rings. The Balaban J connectivity index is 1.92. The maximum Gasteiger partial charge on any atom is 0.490 e. The minimum absolute atomic E-state index is 0.00570. The molecule has 2 aromatic rings. The smallest absolute Gasteiger partial charge is 0.456 e. The summed E-state index contributed by atoms with van der Waals surface area (Å²) in [5, 5.41) is 14.6. The normalized spacial score (nSPS) is 21.1. The van der Waals surface area contributed by atoms with Crippen LogP contribution >= 0.6 is 23.5 Å². The maximum atomic E-state index is 13.2. The first-order valence-corrected chi connectivity index (χ1v) is 16.1. The number of hydrogen-bond acceptors (Lipinski definition) is 14. The number of carbonyl (C=O) groups excluding carboxylic acids is 1. The van der Waals surface area contributed by atoms with E-state index in [-0.39, 0.29) is 11.1 Å². The summed E-state index contributed by atoms with van der Waals surface area (Å²) in [5.41, 5.74) is 6.03. The summed E-state index contributed by atoms with van der Waals surface area (Å²) in [7, 11) is -17.2. The second kappa shape index (κ2) is 13.6. The van der Waals surface area contributed by atoms with Gasteiger partial charge in [0.15, 0.2) is 0 Å². The third-order valence-electron chi connectivity index (χ3n) is 5.54. The first-order valence-electron chi connectivity index (χ1n) is 11.6. The molecule has 0 spiro atoms. The van der Waals surface area contributed by atoms with Crippen LogP contribution in [-0.2, 0) is 42.9 Å². The molecule has 26 heteroatoms. The summed E-state index contributed by atoms with van der Waals surface area (Å²) in [6, 6.07) is 2.99. The molecule has 2 heterocycles. The van der Waals surface area contributed by atoms with Crippen molar-refractivity contribution in [3.63, 3.8) is 0 Å². The molecule has 240 valence electrons. The van der Waals surface area contributed by atoms with Crippen molar-refractivity contribution in [2.45, 2.75) is 38.3 Å². The van der Waals surface area contributed by atoms with E-state index in [0.717, 1.165) is 29.0 Å². The van der Waals surface area contributed by atoms with Crippen molar-refractivity contribution < 1.29 is 65.6 Å². The van der Waals surface area contributed by atoms with Crippen molar-refractivity contribution in [1.82, 2.24) is 9.55 Å². The van der Waals surface area contributed by atoms with Gasteiger partial charge in [-0.15, -0.1) is 0 Å².